The van der Waals surface area contributed by atoms with E-state index in [0.29, 0.717) is 5.69 Å². The number of benzene rings is 2. The minimum absolute atomic E-state index is 0.353. The Kier molecular flexibility index (Phi) is 4.43. The van der Waals surface area contributed by atoms with Crippen molar-refractivity contribution >= 4 is 40.0 Å². The van der Waals surface area contributed by atoms with Crippen molar-refractivity contribution in [2.45, 2.75) is 6.17 Å². The van der Waals surface area contributed by atoms with Gasteiger partial charge in [-0.2, -0.15) is 0 Å². The molecule has 0 saturated carbocycles. The first kappa shape index (κ1) is 17.3. The summed E-state index contributed by atoms with van der Waals surface area (Å²) in [6.45, 7) is 0. The second-order valence-electron chi connectivity index (χ2n) is 5.90. The molecule has 27 heavy (non-hydrogen) atoms. The number of halogens is 2. The number of anilines is 2. The Hall–Kier alpha value is -3.10. The van der Waals surface area contributed by atoms with E-state index in [2.05, 4.69) is 10.3 Å². The van der Waals surface area contributed by atoms with Gasteiger partial charge in [0.25, 0.3) is 5.91 Å². The lowest BCUT2D eigenvalue weighted by Crippen LogP contribution is -2.35. The summed E-state index contributed by atoms with van der Waals surface area (Å²) in [5.41, 5.74) is 8.12. The first-order valence-electron chi connectivity index (χ1n) is 8.05. The van der Waals surface area contributed by atoms with Crippen molar-refractivity contribution in [3.63, 3.8) is 0 Å². The van der Waals surface area contributed by atoms with Crippen LogP contribution in [0.2, 0.25) is 0 Å². The van der Waals surface area contributed by atoms with Gasteiger partial charge in [-0.1, -0.05) is 0 Å². The Morgan fingerprint density at radius 1 is 1.15 bits per heavy atom. The highest BCUT2D eigenvalue weighted by molar-refractivity contribution is 7.14. The number of hydrogen-bond donors (Lipinski definition) is 2. The third kappa shape index (κ3) is 3.32. The number of thiophene rings is 1. The highest BCUT2D eigenvalue weighted by Crippen LogP contribution is 2.36. The van der Waals surface area contributed by atoms with Crippen LogP contribution in [0.15, 0.2) is 58.9 Å². The van der Waals surface area contributed by atoms with E-state index in [1.165, 1.54) is 11.3 Å². The molecule has 0 radical (unpaired) electrons. The predicted molar refractivity (Wildman–Crippen MR) is 103 cm³/mol. The van der Waals surface area contributed by atoms with E-state index in [1.807, 2.05) is 16.3 Å². The van der Waals surface area contributed by atoms with E-state index in [1.54, 1.807) is 30.6 Å². The van der Waals surface area contributed by atoms with Crippen molar-refractivity contribution in [1.82, 2.24) is 0 Å². The maximum absolute atomic E-state index is 13.7. The molecule has 0 bridgehead atoms. The molecule has 0 spiro atoms. The molecule has 0 fully saturated rings. The molecule has 1 aromatic heterocycles. The Balaban J connectivity index is 1.51. The van der Waals surface area contributed by atoms with E-state index in [4.69, 9.17) is 5.73 Å². The minimum atomic E-state index is -0.785. The molecule has 0 saturated heterocycles. The molecular weight excluding hydrogens is 370 g/mol. The molecule has 0 aliphatic carbocycles. The molecule has 1 aliphatic heterocycles. The van der Waals surface area contributed by atoms with Crippen LogP contribution >= 0.6 is 11.3 Å². The van der Waals surface area contributed by atoms with Gasteiger partial charge in [0, 0.05) is 16.9 Å². The van der Waals surface area contributed by atoms with Crippen molar-refractivity contribution in [2.75, 3.05) is 10.2 Å². The number of nitrogens with two attached hydrogens (primary N) is 1. The minimum Gasteiger partial charge on any atom is -0.322 e. The predicted octanol–water partition coefficient (Wildman–Crippen LogP) is 4.42. The quantitative estimate of drug-likeness (QED) is 0.702. The van der Waals surface area contributed by atoms with Crippen molar-refractivity contribution in [1.29, 1.82) is 0 Å². The second kappa shape index (κ2) is 6.90. The Morgan fingerprint density at radius 2 is 1.93 bits per heavy atom. The summed E-state index contributed by atoms with van der Waals surface area (Å²) in [5.74, 6) is -2.19. The van der Waals surface area contributed by atoms with Crippen LogP contribution in [-0.4, -0.2) is 12.2 Å². The molecule has 1 atom stereocenters. The molecule has 3 N–H and O–H groups in total. The standard InChI is InChI=1S/C19H14F2N4OS/c20-11-1-6-16(21)15(9-11)18(26)24-12-2-4-13(5-3-12)25-10-23-19-14(17(25)22)7-8-27-19/h1-10,17H,22H2,(H,24,26). The smallest absolute Gasteiger partial charge is 0.258 e. The zero-order valence-electron chi connectivity index (χ0n) is 13.9. The zero-order valence-corrected chi connectivity index (χ0v) is 14.7. The molecule has 2 aromatic carbocycles. The van der Waals surface area contributed by atoms with Gasteiger partial charge in [-0.15, -0.1) is 11.3 Å². The van der Waals surface area contributed by atoms with Gasteiger partial charge in [-0.25, -0.2) is 13.8 Å². The maximum atomic E-state index is 13.7. The van der Waals surface area contributed by atoms with Crippen molar-refractivity contribution in [2.24, 2.45) is 10.7 Å². The van der Waals surface area contributed by atoms with Gasteiger partial charge in [-0.05, 0) is 53.9 Å². The topological polar surface area (TPSA) is 70.7 Å². The fourth-order valence-electron chi connectivity index (χ4n) is 2.79. The molecule has 5 nitrogen and oxygen atoms in total. The van der Waals surface area contributed by atoms with Gasteiger partial charge >= 0.3 is 0 Å². The molecule has 3 aromatic rings. The van der Waals surface area contributed by atoms with Crippen LogP contribution in [0, 0.1) is 11.6 Å². The third-order valence-electron chi connectivity index (χ3n) is 4.19. The summed E-state index contributed by atoms with van der Waals surface area (Å²) < 4.78 is 27.0. The summed E-state index contributed by atoms with van der Waals surface area (Å²) in [5, 5.41) is 5.38. The number of carbonyl (C=O) groups excluding carboxylic acids is 1. The van der Waals surface area contributed by atoms with Crippen molar-refractivity contribution < 1.29 is 13.6 Å². The Bertz CT molecular complexity index is 1030. The normalized spacial score (nSPS) is 15.5. The van der Waals surface area contributed by atoms with E-state index >= 15 is 0 Å². The number of nitrogens with zero attached hydrogens (tertiary/aromatic N) is 2. The largest absolute Gasteiger partial charge is 0.322 e. The summed E-state index contributed by atoms with van der Waals surface area (Å²) in [4.78, 5) is 18.4. The third-order valence-corrected chi connectivity index (χ3v) is 5.02. The molecule has 1 aliphatic rings. The van der Waals surface area contributed by atoms with Crippen LogP contribution in [0.25, 0.3) is 0 Å². The van der Waals surface area contributed by atoms with Gasteiger partial charge in [0.2, 0.25) is 0 Å². The van der Waals surface area contributed by atoms with Gasteiger partial charge < -0.3 is 16.0 Å². The number of rotatable bonds is 3. The monoisotopic (exact) mass is 384 g/mol. The number of carbonyl (C=O) groups is 1. The summed E-state index contributed by atoms with van der Waals surface area (Å²) in [6.07, 6.45) is 1.31. The van der Waals surface area contributed by atoms with Crippen LogP contribution in [0.4, 0.5) is 25.2 Å². The number of aliphatic imine (C=N–C) groups is 1. The average Bonchev–Trinajstić information content (AvgIpc) is 3.14. The number of fused-ring (bicyclic) bond motifs is 1. The van der Waals surface area contributed by atoms with E-state index < -0.39 is 17.5 Å². The van der Waals surface area contributed by atoms with E-state index in [-0.39, 0.29) is 11.7 Å². The highest BCUT2D eigenvalue weighted by Gasteiger charge is 2.23. The van der Waals surface area contributed by atoms with Gasteiger partial charge in [0.1, 0.15) is 22.8 Å². The van der Waals surface area contributed by atoms with Gasteiger partial charge in [0.05, 0.1) is 11.9 Å². The van der Waals surface area contributed by atoms with Crippen molar-refractivity contribution in [3.05, 3.63) is 76.7 Å². The maximum Gasteiger partial charge on any atom is 0.258 e. The lowest BCUT2D eigenvalue weighted by atomic mass is 10.1. The van der Waals surface area contributed by atoms with Gasteiger partial charge in [-0.3, -0.25) is 4.79 Å². The number of nitrogens with one attached hydrogen (secondary N) is 1. The van der Waals surface area contributed by atoms with Crippen LogP contribution in [0.3, 0.4) is 0 Å². The average molecular weight is 384 g/mol. The Labute approximate surface area is 157 Å². The zero-order chi connectivity index (χ0) is 19.0. The molecule has 4 rings (SSSR count). The molecular formula is C19H14F2N4OS. The lowest BCUT2D eigenvalue weighted by molar-refractivity contribution is 0.102. The molecule has 8 heteroatoms. The SMILES string of the molecule is NC1c2ccsc2N=CN1c1ccc(NC(=O)c2cc(F)ccc2F)cc1. The summed E-state index contributed by atoms with van der Waals surface area (Å²) in [7, 11) is 0. The second-order valence-corrected chi connectivity index (χ2v) is 6.80. The van der Waals surface area contributed by atoms with E-state index in [0.717, 1.165) is 34.5 Å². The van der Waals surface area contributed by atoms with E-state index in [9.17, 15) is 13.6 Å². The Morgan fingerprint density at radius 3 is 2.70 bits per heavy atom. The molecule has 2 heterocycles. The lowest BCUT2D eigenvalue weighted by Gasteiger charge is -2.29. The van der Waals surface area contributed by atoms with Crippen LogP contribution in [0.5, 0.6) is 0 Å². The highest BCUT2D eigenvalue weighted by atomic mass is 32.1. The summed E-state index contributed by atoms with van der Waals surface area (Å²) in [6, 6.07) is 11.5. The van der Waals surface area contributed by atoms with Crippen LogP contribution < -0.4 is 16.0 Å². The fourth-order valence-corrected chi connectivity index (χ4v) is 3.57. The number of amides is 1. The van der Waals surface area contributed by atoms with Crippen LogP contribution in [0.1, 0.15) is 22.1 Å². The first-order valence-corrected chi connectivity index (χ1v) is 8.93. The number of hydrogen-bond acceptors (Lipinski definition) is 5. The van der Waals surface area contributed by atoms with Crippen molar-refractivity contribution in [3.8, 4) is 0 Å². The fraction of sp³-hybridized carbons (Fsp3) is 0.0526. The molecule has 1 amide bonds. The molecule has 136 valence electrons. The molecule has 1 unspecified atom stereocenters. The van der Waals surface area contributed by atoms with Gasteiger partial charge in [0.15, 0.2) is 0 Å². The summed E-state index contributed by atoms with van der Waals surface area (Å²) >= 11 is 1.53. The van der Waals surface area contributed by atoms with Crippen LogP contribution in [-0.2, 0) is 0 Å². The first-order chi connectivity index (χ1) is 13.0.